The molecular weight excluding hydrogens is 508 g/mol. The number of amides is 2. The van der Waals surface area contributed by atoms with Crippen molar-refractivity contribution in [3.63, 3.8) is 0 Å². The molecule has 2 heterocycles. The third kappa shape index (κ3) is 5.55. The monoisotopic (exact) mass is 532 g/mol. The van der Waals surface area contributed by atoms with Gasteiger partial charge in [0.2, 0.25) is 5.91 Å². The number of nitrogens with one attached hydrogen (secondary N) is 1. The van der Waals surface area contributed by atoms with Crippen LogP contribution in [0.4, 0.5) is 5.69 Å². The van der Waals surface area contributed by atoms with E-state index in [1.54, 1.807) is 19.2 Å². The molecule has 0 fully saturated rings. The Kier molecular flexibility index (Phi) is 7.30. The molecule has 0 saturated heterocycles. The van der Waals surface area contributed by atoms with Crippen LogP contribution >= 0.6 is 23.4 Å². The molecule has 3 aromatic rings. The van der Waals surface area contributed by atoms with Crippen LogP contribution in [-0.2, 0) is 9.59 Å². The molecule has 5 rings (SSSR count). The Balaban J connectivity index is 1.33. The molecule has 2 amide bonds. The summed E-state index contributed by atoms with van der Waals surface area (Å²) < 4.78 is 5.28. The third-order valence-electron chi connectivity index (χ3n) is 6.27. The van der Waals surface area contributed by atoms with Crippen LogP contribution in [0.15, 0.2) is 82.9 Å². The Bertz CT molecular complexity index is 1390. The number of amidine groups is 1. The van der Waals surface area contributed by atoms with Crippen molar-refractivity contribution in [2.45, 2.75) is 31.1 Å². The summed E-state index contributed by atoms with van der Waals surface area (Å²) in [6.45, 7) is 1.89. The molecule has 0 saturated carbocycles. The highest BCUT2D eigenvalue weighted by molar-refractivity contribution is 8.15. The number of halogens is 1. The van der Waals surface area contributed by atoms with Crippen LogP contribution in [0.1, 0.15) is 35.6 Å². The largest absolute Gasteiger partial charge is 0.497 e. The molecule has 1 N–H and O–H groups in total. The number of hydrazone groups is 1. The van der Waals surface area contributed by atoms with E-state index >= 15 is 0 Å². The topological polar surface area (TPSA) is 83.4 Å². The Morgan fingerprint density at radius 2 is 1.89 bits per heavy atom. The van der Waals surface area contributed by atoms with Crippen molar-refractivity contribution in [3.8, 4) is 5.75 Å². The van der Waals surface area contributed by atoms with Gasteiger partial charge in [0.1, 0.15) is 11.0 Å². The first-order chi connectivity index (χ1) is 17.9. The minimum Gasteiger partial charge on any atom is -0.497 e. The molecule has 0 aromatic heterocycles. The molecule has 37 heavy (non-hydrogen) atoms. The van der Waals surface area contributed by atoms with E-state index in [1.807, 2.05) is 72.6 Å². The van der Waals surface area contributed by atoms with Crippen molar-refractivity contribution in [2.24, 2.45) is 10.1 Å². The van der Waals surface area contributed by atoms with Gasteiger partial charge in [-0.25, -0.2) is 5.01 Å². The van der Waals surface area contributed by atoms with Crippen LogP contribution in [-0.4, -0.2) is 40.1 Å². The quantitative estimate of drug-likeness (QED) is 0.431. The second-order valence-electron chi connectivity index (χ2n) is 8.81. The average molecular weight is 533 g/mol. The minimum atomic E-state index is -0.618. The van der Waals surface area contributed by atoms with Crippen molar-refractivity contribution < 1.29 is 14.3 Å². The maximum atomic E-state index is 12.8. The van der Waals surface area contributed by atoms with Gasteiger partial charge in [-0.05, 0) is 60.0 Å². The SMILES string of the molecule is COc1ccc(C2=NN(C3=NC(=O)[C@H](CC(=O)Nc4ccc(C)c(Cl)c4)S3)[C@@H](c3ccccc3)C2)cc1. The number of thioether (sulfide) groups is 1. The number of anilines is 1. The number of methoxy groups -OCH3 is 1. The maximum absolute atomic E-state index is 12.8. The smallest absolute Gasteiger partial charge is 0.262 e. The number of aryl methyl sites for hydroxylation is 1. The van der Waals surface area contributed by atoms with Crippen molar-refractivity contribution in [1.82, 2.24) is 5.01 Å². The number of ether oxygens (including phenoxy) is 1. The Labute approximate surface area is 224 Å². The van der Waals surface area contributed by atoms with Gasteiger partial charge in [-0.1, -0.05) is 59.8 Å². The predicted molar refractivity (Wildman–Crippen MR) is 148 cm³/mol. The lowest BCUT2D eigenvalue weighted by atomic mass is 9.98. The van der Waals surface area contributed by atoms with Gasteiger partial charge in [0.25, 0.3) is 5.91 Å². The van der Waals surface area contributed by atoms with Gasteiger partial charge >= 0.3 is 0 Å². The number of carbonyl (C=O) groups is 2. The van der Waals surface area contributed by atoms with Crippen LogP contribution in [0.2, 0.25) is 5.02 Å². The van der Waals surface area contributed by atoms with E-state index in [0.29, 0.717) is 22.3 Å². The van der Waals surface area contributed by atoms with E-state index in [9.17, 15) is 9.59 Å². The van der Waals surface area contributed by atoms with Crippen LogP contribution in [0, 0.1) is 6.92 Å². The standard InChI is InChI=1S/C28H25ClN4O3S/c1-17-8-11-20(14-22(17)29)30-26(34)16-25-27(35)31-28(37-25)33-24(19-6-4-3-5-7-19)15-23(32-33)18-9-12-21(36-2)13-10-18/h3-14,24-25H,15-16H2,1-2H3,(H,30,34)/t24-,25+/m1/s1. The molecule has 7 nitrogen and oxygen atoms in total. The van der Waals surface area contributed by atoms with Crippen LogP contribution in [0.25, 0.3) is 0 Å². The molecule has 2 atom stereocenters. The summed E-state index contributed by atoms with van der Waals surface area (Å²) in [6, 6.07) is 23.0. The highest BCUT2D eigenvalue weighted by atomic mass is 35.5. The van der Waals surface area contributed by atoms with Crippen molar-refractivity contribution in [2.75, 3.05) is 12.4 Å². The summed E-state index contributed by atoms with van der Waals surface area (Å²) in [7, 11) is 1.63. The van der Waals surface area contributed by atoms with Gasteiger partial charge in [-0.2, -0.15) is 10.1 Å². The predicted octanol–water partition coefficient (Wildman–Crippen LogP) is 5.83. The minimum absolute atomic E-state index is 0.000883. The molecule has 188 valence electrons. The molecule has 2 aliphatic heterocycles. The maximum Gasteiger partial charge on any atom is 0.262 e. The average Bonchev–Trinajstić information content (AvgIpc) is 3.51. The van der Waals surface area contributed by atoms with Crippen molar-refractivity contribution >= 4 is 51.7 Å². The second-order valence-corrected chi connectivity index (χ2v) is 10.4. The summed E-state index contributed by atoms with van der Waals surface area (Å²) >= 11 is 7.44. The number of hydrogen-bond donors (Lipinski definition) is 1. The number of rotatable bonds is 6. The number of benzene rings is 3. The van der Waals surface area contributed by atoms with Gasteiger partial charge in [0.15, 0.2) is 5.17 Å². The summed E-state index contributed by atoms with van der Waals surface area (Å²) in [5, 5.41) is 9.97. The van der Waals surface area contributed by atoms with Crippen LogP contribution < -0.4 is 10.1 Å². The first kappa shape index (κ1) is 25.0. The zero-order valence-corrected chi connectivity index (χ0v) is 21.9. The molecule has 0 radical (unpaired) electrons. The summed E-state index contributed by atoms with van der Waals surface area (Å²) in [5.74, 6) is 0.164. The number of carbonyl (C=O) groups excluding carboxylic acids is 2. The molecule has 2 aliphatic rings. The molecule has 0 aliphatic carbocycles. The van der Waals surface area contributed by atoms with E-state index in [4.69, 9.17) is 21.4 Å². The van der Waals surface area contributed by atoms with E-state index in [2.05, 4.69) is 10.3 Å². The highest BCUT2D eigenvalue weighted by Gasteiger charge is 2.39. The van der Waals surface area contributed by atoms with Gasteiger partial charge < -0.3 is 10.1 Å². The van der Waals surface area contributed by atoms with Gasteiger partial charge in [0.05, 0.1) is 18.9 Å². The number of hydrogen-bond acceptors (Lipinski definition) is 6. The van der Waals surface area contributed by atoms with Gasteiger partial charge in [0, 0.05) is 23.6 Å². The fourth-order valence-electron chi connectivity index (χ4n) is 4.23. The van der Waals surface area contributed by atoms with E-state index in [-0.39, 0.29) is 24.3 Å². The van der Waals surface area contributed by atoms with E-state index in [1.165, 1.54) is 11.8 Å². The number of nitrogens with zero attached hydrogens (tertiary/aromatic N) is 3. The van der Waals surface area contributed by atoms with Crippen LogP contribution in [0.3, 0.4) is 0 Å². The van der Waals surface area contributed by atoms with Crippen molar-refractivity contribution in [1.29, 1.82) is 0 Å². The second kappa shape index (κ2) is 10.8. The lowest BCUT2D eigenvalue weighted by molar-refractivity contribution is -0.121. The molecule has 9 heteroatoms. The molecule has 0 bridgehead atoms. The van der Waals surface area contributed by atoms with E-state index < -0.39 is 5.25 Å². The summed E-state index contributed by atoms with van der Waals surface area (Å²) in [6.07, 6.45) is 0.657. The van der Waals surface area contributed by atoms with E-state index in [0.717, 1.165) is 28.2 Å². The fraction of sp³-hybridized carbons (Fsp3) is 0.214. The first-order valence-corrected chi connectivity index (χ1v) is 13.1. The third-order valence-corrected chi connectivity index (χ3v) is 7.82. The first-order valence-electron chi connectivity index (χ1n) is 11.8. The van der Waals surface area contributed by atoms with Crippen LogP contribution in [0.5, 0.6) is 5.75 Å². The normalized spacial score (nSPS) is 19.0. The van der Waals surface area contributed by atoms with Gasteiger partial charge in [-0.15, -0.1) is 0 Å². The summed E-state index contributed by atoms with van der Waals surface area (Å²) in [5.41, 5.74) is 4.46. The molecule has 0 unspecified atom stereocenters. The zero-order valence-electron chi connectivity index (χ0n) is 20.3. The highest BCUT2D eigenvalue weighted by Crippen LogP contribution is 2.38. The molecular formula is C28H25ClN4O3S. The Morgan fingerprint density at radius 3 is 2.59 bits per heavy atom. The summed E-state index contributed by atoms with van der Waals surface area (Å²) in [4.78, 5) is 29.8. The zero-order chi connectivity index (χ0) is 25.9. The fourth-order valence-corrected chi connectivity index (χ4v) is 5.48. The van der Waals surface area contributed by atoms with Gasteiger partial charge in [-0.3, -0.25) is 9.59 Å². The molecule has 3 aromatic carbocycles. The van der Waals surface area contributed by atoms with Crippen molar-refractivity contribution in [3.05, 3.63) is 94.5 Å². The lowest BCUT2D eigenvalue weighted by Gasteiger charge is -2.23. The number of aliphatic imine (C=N–C) groups is 1. The Hall–Kier alpha value is -3.62. The molecule has 0 spiro atoms. The Morgan fingerprint density at radius 1 is 1.14 bits per heavy atom. The lowest BCUT2D eigenvalue weighted by Crippen LogP contribution is -2.25.